The summed E-state index contributed by atoms with van der Waals surface area (Å²) in [5.41, 5.74) is 0.334. The molecular formula is C22H26ClFN2O3. The van der Waals surface area contributed by atoms with Crippen LogP contribution in [-0.4, -0.2) is 35.9 Å². The highest BCUT2D eigenvalue weighted by atomic mass is 35.5. The third-order valence-electron chi connectivity index (χ3n) is 4.47. The molecule has 0 radical (unpaired) electrons. The predicted molar refractivity (Wildman–Crippen MR) is 111 cm³/mol. The molecule has 0 heterocycles. The molecule has 0 aliphatic heterocycles. The molecule has 0 fully saturated rings. The van der Waals surface area contributed by atoms with E-state index in [2.05, 4.69) is 5.32 Å². The van der Waals surface area contributed by atoms with Crippen molar-refractivity contribution >= 4 is 23.4 Å². The number of amides is 2. The zero-order valence-electron chi connectivity index (χ0n) is 16.7. The molecule has 1 unspecified atom stereocenters. The first-order chi connectivity index (χ1) is 13.9. The lowest BCUT2D eigenvalue weighted by molar-refractivity contribution is -0.142. The molecule has 0 aromatic heterocycles. The molecule has 2 rings (SSSR count). The van der Waals surface area contributed by atoms with Crippen LogP contribution in [0, 0.1) is 5.82 Å². The maximum absolute atomic E-state index is 14.1. The van der Waals surface area contributed by atoms with E-state index in [0.717, 1.165) is 12.8 Å². The van der Waals surface area contributed by atoms with E-state index in [-0.39, 0.29) is 19.1 Å². The third-order valence-corrected chi connectivity index (χ3v) is 4.72. The normalized spacial score (nSPS) is 11.6. The lowest BCUT2D eigenvalue weighted by Crippen LogP contribution is -2.49. The molecule has 7 heteroatoms. The Kier molecular flexibility index (Phi) is 8.93. The average Bonchev–Trinajstić information content (AvgIpc) is 2.72. The van der Waals surface area contributed by atoms with Crippen LogP contribution in [0.3, 0.4) is 0 Å². The predicted octanol–water partition coefficient (Wildman–Crippen LogP) is 4.19. The first-order valence-electron chi connectivity index (χ1n) is 9.61. The van der Waals surface area contributed by atoms with E-state index in [9.17, 15) is 14.0 Å². The minimum absolute atomic E-state index is 0.0299. The molecule has 0 aliphatic rings. The van der Waals surface area contributed by atoms with Crippen molar-refractivity contribution in [2.45, 2.75) is 39.3 Å². The van der Waals surface area contributed by atoms with Crippen LogP contribution < -0.4 is 10.1 Å². The van der Waals surface area contributed by atoms with E-state index in [0.29, 0.717) is 22.9 Å². The van der Waals surface area contributed by atoms with E-state index in [1.807, 2.05) is 6.92 Å². The summed E-state index contributed by atoms with van der Waals surface area (Å²) in [5.74, 6) is -0.646. The number of nitrogens with one attached hydrogen (secondary N) is 1. The van der Waals surface area contributed by atoms with Gasteiger partial charge in [0.15, 0.2) is 6.61 Å². The zero-order chi connectivity index (χ0) is 21.2. The van der Waals surface area contributed by atoms with E-state index >= 15 is 0 Å². The number of carbonyl (C=O) groups excluding carboxylic acids is 2. The molecule has 2 amide bonds. The van der Waals surface area contributed by atoms with Crippen LogP contribution in [0.25, 0.3) is 0 Å². The first-order valence-corrected chi connectivity index (χ1v) is 9.99. The number of rotatable bonds is 10. The smallest absolute Gasteiger partial charge is 0.261 e. The van der Waals surface area contributed by atoms with Crippen molar-refractivity contribution in [1.29, 1.82) is 0 Å². The quantitative estimate of drug-likeness (QED) is 0.586. The van der Waals surface area contributed by atoms with Crippen molar-refractivity contribution in [3.05, 3.63) is 64.9 Å². The van der Waals surface area contributed by atoms with Crippen LogP contribution >= 0.6 is 11.6 Å². The Labute approximate surface area is 175 Å². The third kappa shape index (κ3) is 7.06. The molecule has 0 saturated carbocycles. The summed E-state index contributed by atoms with van der Waals surface area (Å²) in [6.45, 7) is 3.88. The number of halogens is 2. The average molecular weight is 421 g/mol. The Morgan fingerprint density at radius 3 is 2.52 bits per heavy atom. The molecule has 29 heavy (non-hydrogen) atoms. The summed E-state index contributed by atoms with van der Waals surface area (Å²) in [5, 5.41) is 3.37. The first kappa shape index (κ1) is 22.7. The fourth-order valence-electron chi connectivity index (χ4n) is 2.69. The van der Waals surface area contributed by atoms with E-state index in [1.54, 1.807) is 49.4 Å². The highest BCUT2D eigenvalue weighted by molar-refractivity contribution is 6.30. The van der Waals surface area contributed by atoms with Gasteiger partial charge in [0.2, 0.25) is 5.91 Å². The lowest BCUT2D eigenvalue weighted by Gasteiger charge is -2.29. The van der Waals surface area contributed by atoms with Gasteiger partial charge in [-0.3, -0.25) is 9.59 Å². The summed E-state index contributed by atoms with van der Waals surface area (Å²) in [4.78, 5) is 26.7. The van der Waals surface area contributed by atoms with Gasteiger partial charge in [0.1, 0.15) is 17.6 Å². The molecule has 2 aromatic carbocycles. The zero-order valence-corrected chi connectivity index (χ0v) is 17.4. The summed E-state index contributed by atoms with van der Waals surface area (Å²) in [6, 6.07) is 12.0. The van der Waals surface area contributed by atoms with Crippen LogP contribution in [0.15, 0.2) is 48.5 Å². The second-order valence-electron chi connectivity index (χ2n) is 6.68. The topological polar surface area (TPSA) is 58.6 Å². The summed E-state index contributed by atoms with van der Waals surface area (Å²) < 4.78 is 19.7. The van der Waals surface area contributed by atoms with Gasteiger partial charge >= 0.3 is 0 Å². The number of ether oxygens (including phenoxy) is 1. The Hall–Kier alpha value is -2.60. The van der Waals surface area contributed by atoms with E-state index in [1.165, 1.54) is 11.0 Å². The summed E-state index contributed by atoms with van der Waals surface area (Å²) >= 11 is 5.85. The standard InChI is InChI=1S/C22H26ClFN2O3/c1-3-4-13-25-22(28)16(2)26(14-17-7-5-6-8-20(17)24)21(27)15-29-19-11-9-18(23)10-12-19/h5-12,16H,3-4,13-15H2,1-2H3,(H,25,28). The largest absolute Gasteiger partial charge is 0.484 e. The molecule has 2 aromatic rings. The monoisotopic (exact) mass is 420 g/mol. The molecular weight excluding hydrogens is 395 g/mol. The fourth-order valence-corrected chi connectivity index (χ4v) is 2.81. The molecule has 0 spiro atoms. The van der Waals surface area contributed by atoms with Crippen LogP contribution in [0.2, 0.25) is 5.02 Å². The van der Waals surface area contributed by atoms with Crippen molar-refractivity contribution in [2.75, 3.05) is 13.2 Å². The lowest BCUT2D eigenvalue weighted by atomic mass is 10.1. The van der Waals surface area contributed by atoms with Crippen molar-refractivity contribution < 1.29 is 18.7 Å². The number of hydrogen-bond acceptors (Lipinski definition) is 3. The van der Waals surface area contributed by atoms with Crippen LogP contribution in [0.4, 0.5) is 4.39 Å². The van der Waals surface area contributed by atoms with E-state index < -0.39 is 17.8 Å². The van der Waals surface area contributed by atoms with E-state index in [4.69, 9.17) is 16.3 Å². The SMILES string of the molecule is CCCCNC(=O)C(C)N(Cc1ccccc1F)C(=O)COc1ccc(Cl)cc1. The van der Waals surface area contributed by atoms with Gasteiger partial charge in [0.05, 0.1) is 0 Å². The number of hydrogen-bond donors (Lipinski definition) is 1. The summed E-state index contributed by atoms with van der Waals surface area (Å²) in [7, 11) is 0. The molecule has 0 aliphatic carbocycles. The Morgan fingerprint density at radius 2 is 1.86 bits per heavy atom. The second kappa shape index (κ2) is 11.4. The minimum Gasteiger partial charge on any atom is -0.484 e. The van der Waals surface area contributed by atoms with Crippen molar-refractivity contribution in [3.8, 4) is 5.75 Å². The van der Waals surface area contributed by atoms with Crippen molar-refractivity contribution in [3.63, 3.8) is 0 Å². The van der Waals surface area contributed by atoms with Crippen LogP contribution in [0.1, 0.15) is 32.3 Å². The number of nitrogens with zero attached hydrogens (tertiary/aromatic N) is 1. The van der Waals surface area contributed by atoms with Crippen molar-refractivity contribution in [1.82, 2.24) is 10.2 Å². The Morgan fingerprint density at radius 1 is 1.17 bits per heavy atom. The van der Waals surface area contributed by atoms with Gasteiger partial charge in [0.25, 0.3) is 5.91 Å². The highest BCUT2D eigenvalue weighted by Gasteiger charge is 2.27. The Balaban J connectivity index is 2.11. The number of unbranched alkanes of at least 4 members (excludes halogenated alkanes) is 1. The van der Waals surface area contributed by atoms with Gasteiger partial charge in [-0.05, 0) is 43.7 Å². The minimum atomic E-state index is -0.771. The van der Waals surface area contributed by atoms with Gasteiger partial charge in [-0.15, -0.1) is 0 Å². The maximum atomic E-state index is 14.1. The molecule has 1 atom stereocenters. The number of benzene rings is 2. The Bertz CT molecular complexity index is 814. The van der Waals surface area contributed by atoms with Gasteiger partial charge < -0.3 is 15.0 Å². The van der Waals surface area contributed by atoms with Gasteiger partial charge in [-0.1, -0.05) is 43.1 Å². The van der Waals surface area contributed by atoms with Crippen LogP contribution in [-0.2, 0) is 16.1 Å². The van der Waals surface area contributed by atoms with Crippen molar-refractivity contribution in [2.24, 2.45) is 0 Å². The highest BCUT2D eigenvalue weighted by Crippen LogP contribution is 2.17. The molecule has 0 bridgehead atoms. The van der Waals surface area contributed by atoms with Crippen LogP contribution in [0.5, 0.6) is 5.75 Å². The van der Waals surface area contributed by atoms with Gasteiger partial charge in [-0.2, -0.15) is 0 Å². The second-order valence-corrected chi connectivity index (χ2v) is 7.11. The molecule has 156 valence electrons. The fraction of sp³-hybridized carbons (Fsp3) is 0.364. The summed E-state index contributed by atoms with van der Waals surface area (Å²) in [6.07, 6.45) is 1.79. The maximum Gasteiger partial charge on any atom is 0.261 e. The molecule has 5 nitrogen and oxygen atoms in total. The molecule has 0 saturated heterocycles. The number of carbonyl (C=O) groups is 2. The van der Waals surface area contributed by atoms with Gasteiger partial charge in [0, 0.05) is 23.7 Å². The molecule has 1 N–H and O–H groups in total. The van der Waals surface area contributed by atoms with Gasteiger partial charge in [-0.25, -0.2) is 4.39 Å².